The summed E-state index contributed by atoms with van der Waals surface area (Å²) in [5.74, 6) is -0.118. The second-order valence-electron chi connectivity index (χ2n) is 5.02. The van der Waals surface area contributed by atoms with Gasteiger partial charge in [0.2, 0.25) is 0 Å². The lowest BCUT2D eigenvalue weighted by atomic mass is 10.1. The number of aliphatic hydroxyl groups is 1. The quantitative estimate of drug-likeness (QED) is 0.730. The number of unbranched alkanes of at least 4 members (excludes halogenated alkanes) is 3. The number of carboxylic acid groups (broad SMARTS) is 1. The van der Waals surface area contributed by atoms with E-state index in [9.17, 15) is 4.79 Å². The summed E-state index contributed by atoms with van der Waals surface area (Å²) in [7, 11) is 0. The number of carboxylic acids is 1. The van der Waals surface area contributed by atoms with Gasteiger partial charge >= 0.3 is 5.97 Å². The molecule has 4 nitrogen and oxygen atoms in total. The van der Waals surface area contributed by atoms with Gasteiger partial charge in [-0.05, 0) is 54.3 Å². The van der Waals surface area contributed by atoms with Crippen molar-refractivity contribution in [1.29, 1.82) is 0 Å². The third-order valence-corrected chi connectivity index (χ3v) is 3.38. The highest BCUT2D eigenvalue weighted by Crippen LogP contribution is 2.22. The van der Waals surface area contributed by atoms with Crippen LogP contribution in [0.25, 0.3) is 10.8 Å². The number of carbonyl (C=O) groups is 1. The van der Waals surface area contributed by atoms with E-state index in [0.29, 0.717) is 12.2 Å². The highest BCUT2D eigenvalue weighted by atomic mass is 16.5. The molecule has 0 fully saturated rings. The predicted molar refractivity (Wildman–Crippen MR) is 82.0 cm³/mol. The average Bonchev–Trinajstić information content (AvgIpc) is 2.50. The van der Waals surface area contributed by atoms with E-state index in [1.165, 1.54) is 0 Å². The molecule has 0 amide bonds. The fourth-order valence-corrected chi connectivity index (χ4v) is 2.20. The second-order valence-corrected chi connectivity index (χ2v) is 5.02. The predicted octanol–water partition coefficient (Wildman–Crippen LogP) is 3.47. The molecule has 112 valence electrons. The molecular formula is C17H20O4. The van der Waals surface area contributed by atoms with Gasteiger partial charge in [-0.25, -0.2) is 4.79 Å². The lowest BCUT2D eigenvalue weighted by molar-refractivity contribution is 0.0697. The van der Waals surface area contributed by atoms with Crippen molar-refractivity contribution in [2.24, 2.45) is 0 Å². The Hall–Kier alpha value is -2.07. The Morgan fingerprint density at radius 1 is 0.952 bits per heavy atom. The summed E-state index contributed by atoms with van der Waals surface area (Å²) in [5.41, 5.74) is 0.292. The molecule has 0 spiro atoms. The van der Waals surface area contributed by atoms with E-state index in [4.69, 9.17) is 14.9 Å². The molecule has 0 saturated carbocycles. The maximum absolute atomic E-state index is 10.9. The molecule has 21 heavy (non-hydrogen) atoms. The minimum Gasteiger partial charge on any atom is -0.494 e. The van der Waals surface area contributed by atoms with Gasteiger partial charge in [0.05, 0.1) is 12.2 Å². The first-order valence-electron chi connectivity index (χ1n) is 7.21. The van der Waals surface area contributed by atoms with E-state index in [0.717, 1.165) is 42.2 Å². The van der Waals surface area contributed by atoms with E-state index in [1.807, 2.05) is 18.2 Å². The summed E-state index contributed by atoms with van der Waals surface area (Å²) in [6.45, 7) is 0.911. The van der Waals surface area contributed by atoms with Gasteiger partial charge in [0.25, 0.3) is 0 Å². The Labute approximate surface area is 124 Å². The minimum absolute atomic E-state index is 0.254. The van der Waals surface area contributed by atoms with Crippen molar-refractivity contribution in [2.75, 3.05) is 13.2 Å². The first kappa shape index (κ1) is 15.3. The van der Waals surface area contributed by atoms with Crippen LogP contribution in [0.3, 0.4) is 0 Å². The molecule has 0 radical (unpaired) electrons. The zero-order valence-electron chi connectivity index (χ0n) is 11.9. The van der Waals surface area contributed by atoms with E-state index in [-0.39, 0.29) is 6.61 Å². The van der Waals surface area contributed by atoms with Gasteiger partial charge in [-0.15, -0.1) is 0 Å². The zero-order chi connectivity index (χ0) is 15.1. The fraction of sp³-hybridized carbons (Fsp3) is 0.353. The van der Waals surface area contributed by atoms with Crippen molar-refractivity contribution < 1.29 is 19.7 Å². The molecule has 0 unspecified atom stereocenters. The molecule has 4 heteroatoms. The van der Waals surface area contributed by atoms with Gasteiger partial charge in [-0.2, -0.15) is 0 Å². The van der Waals surface area contributed by atoms with Gasteiger partial charge in [0.1, 0.15) is 5.75 Å². The van der Waals surface area contributed by atoms with Crippen LogP contribution < -0.4 is 4.74 Å². The highest BCUT2D eigenvalue weighted by molar-refractivity contribution is 5.94. The Kier molecular flexibility index (Phi) is 5.58. The van der Waals surface area contributed by atoms with Crippen LogP contribution in [0.5, 0.6) is 5.75 Å². The van der Waals surface area contributed by atoms with Crippen LogP contribution in [0.4, 0.5) is 0 Å². The molecular weight excluding hydrogens is 268 g/mol. The van der Waals surface area contributed by atoms with Gasteiger partial charge in [0, 0.05) is 6.61 Å². The SMILES string of the molecule is O=C(O)c1ccc2cc(OCCCCCCO)ccc2c1. The molecule has 0 bridgehead atoms. The molecule has 2 rings (SSSR count). The van der Waals surface area contributed by atoms with Crippen molar-refractivity contribution in [1.82, 2.24) is 0 Å². The van der Waals surface area contributed by atoms with Crippen LogP contribution in [0.1, 0.15) is 36.0 Å². The lowest BCUT2D eigenvalue weighted by Gasteiger charge is -2.07. The molecule has 2 aromatic rings. The summed E-state index contributed by atoms with van der Waals surface area (Å²) in [6, 6.07) is 10.7. The zero-order valence-corrected chi connectivity index (χ0v) is 11.9. The number of hydrogen-bond donors (Lipinski definition) is 2. The van der Waals surface area contributed by atoms with Crippen LogP contribution >= 0.6 is 0 Å². The summed E-state index contributed by atoms with van der Waals surface area (Å²) in [4.78, 5) is 10.9. The molecule has 0 aliphatic heterocycles. The summed E-state index contributed by atoms with van der Waals surface area (Å²) in [6.07, 6.45) is 3.89. The van der Waals surface area contributed by atoms with Gasteiger partial charge in [0.15, 0.2) is 0 Å². The molecule has 0 aliphatic carbocycles. The number of aromatic carboxylic acids is 1. The van der Waals surface area contributed by atoms with Gasteiger partial charge < -0.3 is 14.9 Å². The Morgan fingerprint density at radius 3 is 2.43 bits per heavy atom. The summed E-state index contributed by atoms with van der Waals surface area (Å²) < 4.78 is 5.69. The third kappa shape index (κ3) is 4.46. The summed E-state index contributed by atoms with van der Waals surface area (Å²) >= 11 is 0. The number of rotatable bonds is 8. The topological polar surface area (TPSA) is 66.8 Å². The minimum atomic E-state index is -0.917. The summed E-state index contributed by atoms with van der Waals surface area (Å²) in [5, 5.41) is 19.5. The Balaban J connectivity index is 1.93. The number of hydrogen-bond acceptors (Lipinski definition) is 3. The van der Waals surface area contributed by atoms with E-state index < -0.39 is 5.97 Å². The first-order chi connectivity index (χ1) is 10.2. The number of benzene rings is 2. The molecule has 0 aliphatic rings. The molecule has 0 aromatic heterocycles. The third-order valence-electron chi connectivity index (χ3n) is 3.38. The second kappa shape index (κ2) is 7.64. The standard InChI is InChI=1S/C17H20O4/c18-9-3-1-2-4-10-21-16-8-7-13-11-15(17(19)20)6-5-14(13)12-16/h5-8,11-12,18H,1-4,9-10H2,(H,19,20). The van der Waals surface area contributed by atoms with Crippen molar-refractivity contribution in [3.63, 3.8) is 0 Å². The molecule has 2 N–H and O–H groups in total. The fourth-order valence-electron chi connectivity index (χ4n) is 2.20. The smallest absolute Gasteiger partial charge is 0.335 e. The van der Waals surface area contributed by atoms with E-state index >= 15 is 0 Å². The average molecular weight is 288 g/mol. The molecule has 0 heterocycles. The molecule has 2 aromatic carbocycles. The van der Waals surface area contributed by atoms with Crippen molar-refractivity contribution >= 4 is 16.7 Å². The number of aliphatic hydroxyl groups excluding tert-OH is 1. The lowest BCUT2D eigenvalue weighted by Crippen LogP contribution is -1.98. The van der Waals surface area contributed by atoms with Gasteiger partial charge in [-0.3, -0.25) is 0 Å². The number of ether oxygens (including phenoxy) is 1. The molecule has 0 atom stereocenters. The maximum atomic E-state index is 10.9. The van der Waals surface area contributed by atoms with Crippen molar-refractivity contribution in [3.8, 4) is 5.75 Å². The first-order valence-corrected chi connectivity index (χ1v) is 7.21. The van der Waals surface area contributed by atoms with E-state index in [1.54, 1.807) is 18.2 Å². The van der Waals surface area contributed by atoms with Crippen LogP contribution in [-0.4, -0.2) is 29.4 Å². The highest BCUT2D eigenvalue weighted by Gasteiger charge is 2.04. The van der Waals surface area contributed by atoms with Crippen LogP contribution in [0, 0.1) is 0 Å². The van der Waals surface area contributed by atoms with Crippen molar-refractivity contribution in [2.45, 2.75) is 25.7 Å². The van der Waals surface area contributed by atoms with E-state index in [2.05, 4.69) is 0 Å². The Bertz CT molecular complexity index is 607. The maximum Gasteiger partial charge on any atom is 0.335 e. The monoisotopic (exact) mass is 288 g/mol. The van der Waals surface area contributed by atoms with Crippen molar-refractivity contribution in [3.05, 3.63) is 42.0 Å². The van der Waals surface area contributed by atoms with Gasteiger partial charge in [-0.1, -0.05) is 18.6 Å². The Morgan fingerprint density at radius 2 is 1.67 bits per heavy atom. The number of fused-ring (bicyclic) bond motifs is 1. The van der Waals surface area contributed by atoms with Crippen LogP contribution in [0.2, 0.25) is 0 Å². The normalized spacial score (nSPS) is 10.7. The molecule has 0 saturated heterocycles. The largest absolute Gasteiger partial charge is 0.494 e. The van der Waals surface area contributed by atoms with Crippen LogP contribution in [-0.2, 0) is 0 Å². The van der Waals surface area contributed by atoms with Crippen LogP contribution in [0.15, 0.2) is 36.4 Å².